The fraction of sp³-hybridized carbons (Fsp3) is 0.357. The Morgan fingerprint density at radius 1 is 1.12 bits per heavy atom. The zero-order chi connectivity index (χ0) is 18.4. The molecule has 11 nitrogen and oxygen atoms in total. The van der Waals surface area contributed by atoms with E-state index in [0.717, 1.165) is 0 Å². The summed E-state index contributed by atoms with van der Waals surface area (Å²) in [5.41, 5.74) is 12.3. The molecule has 7 N–H and O–H groups in total. The van der Waals surface area contributed by atoms with Gasteiger partial charge in [-0.3, -0.25) is 14.5 Å². The minimum absolute atomic E-state index is 0.0730. The number of nitrogens with zero attached hydrogens (tertiary/aromatic N) is 3. The fourth-order valence-corrected chi connectivity index (χ4v) is 2.34. The molecule has 0 aromatic carbocycles. The van der Waals surface area contributed by atoms with Gasteiger partial charge in [0.25, 0.3) is 0 Å². The van der Waals surface area contributed by atoms with Crippen molar-refractivity contribution in [2.24, 2.45) is 11.5 Å². The zero-order valence-corrected chi connectivity index (χ0v) is 13.3. The molecule has 2 amide bonds. The highest BCUT2D eigenvalue weighted by molar-refractivity contribution is 6.02. The summed E-state index contributed by atoms with van der Waals surface area (Å²) in [5.74, 6) is -2.99. The third-order valence-electron chi connectivity index (χ3n) is 3.56. The minimum Gasteiger partial charge on any atom is -0.480 e. The van der Waals surface area contributed by atoms with Gasteiger partial charge < -0.3 is 26.5 Å². The van der Waals surface area contributed by atoms with Gasteiger partial charge >= 0.3 is 5.97 Å². The van der Waals surface area contributed by atoms with Crippen molar-refractivity contribution in [1.82, 2.24) is 24.8 Å². The summed E-state index contributed by atoms with van der Waals surface area (Å²) < 4.78 is 0. The van der Waals surface area contributed by atoms with Gasteiger partial charge in [0, 0.05) is 36.6 Å². The monoisotopic (exact) mass is 349 g/mol. The first kappa shape index (κ1) is 18.3. The summed E-state index contributed by atoms with van der Waals surface area (Å²) in [6.07, 6.45) is 5.63. The van der Waals surface area contributed by atoms with E-state index in [4.69, 9.17) is 11.5 Å². The second kappa shape index (κ2) is 8.17. The number of amides is 2. The van der Waals surface area contributed by atoms with Crippen molar-refractivity contribution < 1.29 is 19.5 Å². The smallest absolute Gasteiger partial charge is 0.327 e. The van der Waals surface area contributed by atoms with Crippen molar-refractivity contribution >= 4 is 17.8 Å². The number of carboxylic acids is 1. The number of rotatable bonds is 8. The standard InChI is InChI=1S/C14H19N7O4/c15-3-12(22)21(11(14(24)25)2-9-5-18-7-20-9)13(23)10(16)1-8-4-17-6-19-8/h4-7,10-11H,1-3,15-16H2,(H,17,19)(H,18,20)(H,24,25). The van der Waals surface area contributed by atoms with Crippen LogP contribution >= 0.6 is 0 Å². The quantitative estimate of drug-likeness (QED) is 0.362. The summed E-state index contributed by atoms with van der Waals surface area (Å²) in [4.78, 5) is 50.2. The molecule has 134 valence electrons. The molecule has 0 spiro atoms. The molecule has 2 aromatic rings. The molecule has 2 aromatic heterocycles. The number of carboxylic acid groups (broad SMARTS) is 1. The third-order valence-corrected chi connectivity index (χ3v) is 3.56. The predicted octanol–water partition coefficient (Wildman–Crippen LogP) is -1.99. The van der Waals surface area contributed by atoms with Crippen molar-refractivity contribution in [3.63, 3.8) is 0 Å². The van der Waals surface area contributed by atoms with E-state index < -0.39 is 36.4 Å². The van der Waals surface area contributed by atoms with Gasteiger partial charge in [-0.05, 0) is 0 Å². The molecule has 0 aliphatic heterocycles. The number of hydrogen-bond donors (Lipinski definition) is 5. The topological polar surface area (TPSA) is 184 Å². The number of aromatic nitrogens is 4. The van der Waals surface area contributed by atoms with Crippen molar-refractivity contribution in [2.45, 2.75) is 24.9 Å². The summed E-state index contributed by atoms with van der Waals surface area (Å²) in [7, 11) is 0. The highest BCUT2D eigenvalue weighted by atomic mass is 16.4. The normalized spacial score (nSPS) is 13.2. The van der Waals surface area contributed by atoms with Crippen LogP contribution in [0, 0.1) is 0 Å². The number of carbonyl (C=O) groups is 3. The molecular weight excluding hydrogens is 330 g/mol. The number of nitrogens with two attached hydrogens (primary N) is 2. The Bertz CT molecular complexity index is 714. The lowest BCUT2D eigenvalue weighted by atomic mass is 10.1. The number of imidazole rings is 2. The maximum absolute atomic E-state index is 12.6. The third kappa shape index (κ3) is 4.49. The van der Waals surface area contributed by atoms with E-state index in [1.54, 1.807) is 0 Å². The summed E-state index contributed by atoms with van der Waals surface area (Å²) >= 11 is 0. The number of aromatic amines is 2. The number of carbonyl (C=O) groups excluding carboxylic acids is 2. The number of nitrogens with one attached hydrogen (secondary N) is 2. The minimum atomic E-state index is -1.45. The van der Waals surface area contributed by atoms with Gasteiger partial charge in [-0.1, -0.05) is 0 Å². The van der Waals surface area contributed by atoms with Crippen LogP contribution in [0.15, 0.2) is 25.0 Å². The lowest BCUT2D eigenvalue weighted by Crippen LogP contribution is -2.57. The molecule has 0 saturated carbocycles. The summed E-state index contributed by atoms with van der Waals surface area (Å²) in [6.45, 7) is -0.519. The molecule has 0 aliphatic carbocycles. The van der Waals surface area contributed by atoms with Crippen LogP contribution in [0.4, 0.5) is 0 Å². The van der Waals surface area contributed by atoms with E-state index >= 15 is 0 Å². The molecule has 0 fully saturated rings. The van der Waals surface area contributed by atoms with E-state index in [-0.39, 0.29) is 12.8 Å². The first-order valence-electron chi connectivity index (χ1n) is 7.42. The van der Waals surface area contributed by atoms with Crippen LogP contribution in [0.25, 0.3) is 0 Å². The van der Waals surface area contributed by atoms with E-state index in [1.165, 1.54) is 25.0 Å². The molecule has 11 heteroatoms. The van der Waals surface area contributed by atoms with E-state index in [0.29, 0.717) is 16.3 Å². The fourth-order valence-electron chi connectivity index (χ4n) is 2.34. The molecule has 2 rings (SSSR count). The predicted molar refractivity (Wildman–Crippen MR) is 84.9 cm³/mol. The number of aliphatic carboxylic acids is 1. The Morgan fingerprint density at radius 2 is 1.68 bits per heavy atom. The maximum atomic E-state index is 12.6. The van der Waals surface area contributed by atoms with Gasteiger partial charge in [-0.2, -0.15) is 0 Å². The van der Waals surface area contributed by atoms with Gasteiger partial charge in [0.2, 0.25) is 11.8 Å². The first-order chi connectivity index (χ1) is 11.9. The SMILES string of the molecule is NCC(=O)N(C(=O)C(N)Cc1cnc[nH]1)C(Cc1cnc[nH]1)C(=O)O. The first-order valence-corrected chi connectivity index (χ1v) is 7.42. The zero-order valence-electron chi connectivity index (χ0n) is 13.3. The van der Waals surface area contributed by atoms with Crippen LogP contribution in [-0.2, 0) is 27.2 Å². The Balaban J connectivity index is 2.24. The Labute approximate surface area is 142 Å². The summed E-state index contributed by atoms with van der Waals surface area (Å²) in [5, 5.41) is 9.50. The highest BCUT2D eigenvalue weighted by Gasteiger charge is 2.37. The average molecular weight is 349 g/mol. The lowest BCUT2D eigenvalue weighted by molar-refractivity contribution is -0.158. The molecule has 2 atom stereocenters. The maximum Gasteiger partial charge on any atom is 0.327 e. The van der Waals surface area contributed by atoms with Gasteiger partial charge in [0.1, 0.15) is 6.04 Å². The van der Waals surface area contributed by atoms with Crippen molar-refractivity contribution in [3.8, 4) is 0 Å². The molecule has 2 heterocycles. The van der Waals surface area contributed by atoms with Crippen LogP contribution in [0.1, 0.15) is 11.4 Å². The van der Waals surface area contributed by atoms with Gasteiger partial charge in [-0.15, -0.1) is 0 Å². The van der Waals surface area contributed by atoms with Crippen molar-refractivity contribution in [1.29, 1.82) is 0 Å². The second-order valence-electron chi connectivity index (χ2n) is 5.33. The number of imide groups is 1. The second-order valence-corrected chi connectivity index (χ2v) is 5.33. The van der Waals surface area contributed by atoms with Crippen LogP contribution in [0.2, 0.25) is 0 Å². The van der Waals surface area contributed by atoms with Crippen LogP contribution in [0.3, 0.4) is 0 Å². The Kier molecular flexibility index (Phi) is 5.98. The van der Waals surface area contributed by atoms with E-state index in [2.05, 4.69) is 19.9 Å². The molecule has 0 radical (unpaired) electrons. The molecule has 2 unspecified atom stereocenters. The summed E-state index contributed by atoms with van der Waals surface area (Å²) in [6, 6.07) is -2.57. The van der Waals surface area contributed by atoms with E-state index in [9.17, 15) is 19.5 Å². The Morgan fingerprint density at radius 3 is 2.12 bits per heavy atom. The average Bonchev–Trinajstić information content (AvgIpc) is 3.27. The largest absolute Gasteiger partial charge is 0.480 e. The van der Waals surface area contributed by atoms with Crippen LogP contribution in [0.5, 0.6) is 0 Å². The van der Waals surface area contributed by atoms with Crippen LogP contribution in [-0.4, -0.2) is 66.4 Å². The van der Waals surface area contributed by atoms with E-state index in [1.807, 2.05) is 0 Å². The lowest BCUT2D eigenvalue weighted by Gasteiger charge is -2.28. The highest BCUT2D eigenvalue weighted by Crippen LogP contribution is 2.11. The molecule has 0 aliphatic rings. The molecule has 25 heavy (non-hydrogen) atoms. The van der Waals surface area contributed by atoms with Crippen LogP contribution < -0.4 is 11.5 Å². The van der Waals surface area contributed by atoms with Gasteiger partial charge in [0.15, 0.2) is 0 Å². The van der Waals surface area contributed by atoms with Gasteiger partial charge in [0.05, 0.1) is 25.2 Å². The molecule has 0 bridgehead atoms. The Hall–Kier alpha value is -3.05. The number of H-pyrrole nitrogens is 2. The molecule has 0 saturated heterocycles. The van der Waals surface area contributed by atoms with Crippen molar-refractivity contribution in [3.05, 3.63) is 36.4 Å². The number of hydrogen-bond acceptors (Lipinski definition) is 7. The van der Waals surface area contributed by atoms with Crippen molar-refractivity contribution in [2.75, 3.05) is 6.54 Å². The molecular formula is C14H19N7O4. The van der Waals surface area contributed by atoms with Gasteiger partial charge in [-0.25, -0.2) is 14.8 Å².